The van der Waals surface area contributed by atoms with Crippen LogP contribution in [-0.2, 0) is 21.5 Å². The van der Waals surface area contributed by atoms with Crippen LogP contribution < -0.4 is 0 Å². The van der Waals surface area contributed by atoms with Gasteiger partial charge in [-0.15, -0.1) is 0 Å². The molecule has 2 heterocycles. The minimum Gasteiger partial charge on any atom is -0.508 e. The summed E-state index contributed by atoms with van der Waals surface area (Å²) in [6, 6.07) is 3.82. The number of ether oxygens (including phenoxy) is 1. The average molecular weight is 398 g/mol. The van der Waals surface area contributed by atoms with Crippen LogP contribution in [0.4, 0.5) is 0 Å². The number of morpholine rings is 1. The van der Waals surface area contributed by atoms with Crippen molar-refractivity contribution >= 4 is 10.2 Å². The zero-order chi connectivity index (χ0) is 19.8. The number of aromatic hydroxyl groups is 1. The number of aryl methyl sites for hydroxylation is 2. The van der Waals surface area contributed by atoms with Crippen LogP contribution in [0.15, 0.2) is 12.1 Å². The maximum atomic E-state index is 13.0. The van der Waals surface area contributed by atoms with E-state index in [9.17, 15) is 13.5 Å². The second kappa shape index (κ2) is 8.05. The third kappa shape index (κ3) is 4.63. The summed E-state index contributed by atoms with van der Waals surface area (Å²) in [7, 11) is -3.46. The van der Waals surface area contributed by atoms with Crippen LogP contribution in [0.1, 0.15) is 30.5 Å². The molecule has 1 aromatic rings. The molecule has 3 rings (SSSR count). The van der Waals surface area contributed by atoms with Crippen molar-refractivity contribution in [2.75, 3.05) is 39.3 Å². The van der Waals surface area contributed by atoms with Gasteiger partial charge in [0.05, 0.1) is 12.2 Å². The van der Waals surface area contributed by atoms with E-state index in [1.165, 1.54) is 0 Å². The summed E-state index contributed by atoms with van der Waals surface area (Å²) in [5.74, 6) is 0.310. The summed E-state index contributed by atoms with van der Waals surface area (Å²) in [5, 5.41) is 10.2. The number of hydrogen-bond donors (Lipinski definition) is 1. The first kappa shape index (κ1) is 20.5. The normalized spacial score (nSPS) is 26.4. The molecule has 7 nitrogen and oxygen atoms in total. The maximum Gasteiger partial charge on any atom is 0.282 e. The number of nitrogens with zero attached hydrogens (tertiary/aromatic N) is 3. The van der Waals surface area contributed by atoms with Gasteiger partial charge in [0.1, 0.15) is 5.75 Å². The van der Waals surface area contributed by atoms with Crippen LogP contribution >= 0.6 is 0 Å². The van der Waals surface area contributed by atoms with Crippen molar-refractivity contribution in [3.05, 3.63) is 28.8 Å². The Morgan fingerprint density at radius 2 is 1.56 bits per heavy atom. The lowest BCUT2D eigenvalue weighted by Crippen LogP contribution is -2.57. The molecule has 0 unspecified atom stereocenters. The summed E-state index contributed by atoms with van der Waals surface area (Å²) in [4.78, 5) is 2.19. The molecule has 0 amide bonds. The molecule has 0 spiro atoms. The Morgan fingerprint density at radius 1 is 1.00 bits per heavy atom. The van der Waals surface area contributed by atoms with Gasteiger partial charge in [-0.2, -0.15) is 17.0 Å². The molecule has 1 aromatic carbocycles. The molecule has 2 aliphatic rings. The largest absolute Gasteiger partial charge is 0.508 e. The van der Waals surface area contributed by atoms with Crippen LogP contribution in [0.25, 0.3) is 0 Å². The second-order valence-corrected chi connectivity index (χ2v) is 9.75. The summed E-state index contributed by atoms with van der Waals surface area (Å²) < 4.78 is 34.7. The Morgan fingerprint density at radius 3 is 2.15 bits per heavy atom. The Kier molecular flexibility index (Phi) is 6.12. The summed E-state index contributed by atoms with van der Waals surface area (Å²) in [6.07, 6.45) is -0.171. The van der Waals surface area contributed by atoms with E-state index in [2.05, 4.69) is 4.90 Å². The van der Waals surface area contributed by atoms with E-state index in [1.54, 1.807) is 14.7 Å². The predicted octanol–water partition coefficient (Wildman–Crippen LogP) is 1.48. The molecule has 2 fully saturated rings. The first-order valence-electron chi connectivity index (χ1n) is 9.59. The van der Waals surface area contributed by atoms with Crippen molar-refractivity contribution in [3.8, 4) is 5.75 Å². The van der Waals surface area contributed by atoms with Crippen molar-refractivity contribution < 1.29 is 18.3 Å². The first-order chi connectivity index (χ1) is 12.7. The lowest BCUT2D eigenvalue weighted by Gasteiger charge is -2.40. The van der Waals surface area contributed by atoms with Gasteiger partial charge in [-0.25, -0.2) is 0 Å². The second-order valence-electron chi connectivity index (χ2n) is 7.82. The van der Waals surface area contributed by atoms with Crippen LogP contribution in [-0.4, -0.2) is 78.5 Å². The zero-order valence-corrected chi connectivity index (χ0v) is 17.5. The van der Waals surface area contributed by atoms with Crippen LogP contribution in [0.2, 0.25) is 0 Å². The molecular weight excluding hydrogens is 366 g/mol. The minimum absolute atomic E-state index is 0.0856. The molecule has 8 heteroatoms. The standard InChI is InChI=1S/C19H31N3O4S/c1-14-9-18(19(23)10-15(14)2)13-20-5-7-21(8-6-20)27(24,25)22-11-16(3)26-17(4)12-22/h9-10,16-17,23H,5-8,11-13H2,1-4H3/t16-,17+. The Labute approximate surface area is 162 Å². The van der Waals surface area contributed by atoms with Crippen molar-refractivity contribution in [3.63, 3.8) is 0 Å². The van der Waals surface area contributed by atoms with Gasteiger partial charge in [0.25, 0.3) is 10.2 Å². The number of benzene rings is 1. The van der Waals surface area contributed by atoms with E-state index < -0.39 is 10.2 Å². The highest BCUT2D eigenvalue weighted by Crippen LogP contribution is 2.24. The lowest BCUT2D eigenvalue weighted by molar-refractivity contribution is -0.0457. The predicted molar refractivity (Wildman–Crippen MR) is 105 cm³/mol. The molecular formula is C19H31N3O4S. The van der Waals surface area contributed by atoms with E-state index in [-0.39, 0.29) is 12.2 Å². The van der Waals surface area contributed by atoms with Crippen molar-refractivity contribution in [1.29, 1.82) is 0 Å². The van der Waals surface area contributed by atoms with E-state index >= 15 is 0 Å². The fraction of sp³-hybridized carbons (Fsp3) is 0.684. The van der Waals surface area contributed by atoms with Gasteiger partial charge in [0, 0.05) is 51.4 Å². The molecule has 2 aliphatic heterocycles. The van der Waals surface area contributed by atoms with E-state index in [1.807, 2.05) is 33.8 Å². The Hall–Kier alpha value is -1.19. The van der Waals surface area contributed by atoms with Crippen molar-refractivity contribution in [1.82, 2.24) is 13.5 Å². The van der Waals surface area contributed by atoms with Gasteiger partial charge in [0.15, 0.2) is 0 Å². The summed E-state index contributed by atoms with van der Waals surface area (Å²) >= 11 is 0. The number of hydrogen-bond acceptors (Lipinski definition) is 5. The minimum atomic E-state index is -3.46. The first-order valence-corrected chi connectivity index (χ1v) is 11.0. The fourth-order valence-corrected chi connectivity index (χ4v) is 5.58. The van der Waals surface area contributed by atoms with Gasteiger partial charge in [-0.05, 0) is 44.9 Å². The third-order valence-corrected chi connectivity index (χ3v) is 7.43. The molecule has 1 N–H and O–H groups in total. The smallest absolute Gasteiger partial charge is 0.282 e. The Balaban J connectivity index is 1.61. The van der Waals surface area contributed by atoms with Gasteiger partial charge >= 0.3 is 0 Å². The molecule has 2 saturated heterocycles. The van der Waals surface area contributed by atoms with E-state index in [4.69, 9.17) is 4.74 Å². The molecule has 0 aliphatic carbocycles. The average Bonchev–Trinajstić information content (AvgIpc) is 2.59. The maximum absolute atomic E-state index is 13.0. The molecule has 0 radical (unpaired) electrons. The van der Waals surface area contributed by atoms with Crippen LogP contribution in [0.5, 0.6) is 5.75 Å². The number of rotatable bonds is 4. The highest BCUT2D eigenvalue weighted by Gasteiger charge is 2.36. The number of phenolic OH excluding ortho intramolecular Hbond substituents is 1. The monoisotopic (exact) mass is 397 g/mol. The molecule has 27 heavy (non-hydrogen) atoms. The Bertz CT molecular complexity index is 765. The third-order valence-electron chi connectivity index (χ3n) is 5.46. The highest BCUT2D eigenvalue weighted by atomic mass is 32.2. The van der Waals surface area contributed by atoms with Crippen LogP contribution in [0.3, 0.4) is 0 Å². The van der Waals surface area contributed by atoms with Gasteiger partial charge in [0.2, 0.25) is 0 Å². The highest BCUT2D eigenvalue weighted by molar-refractivity contribution is 7.86. The van der Waals surface area contributed by atoms with E-state index in [0.29, 0.717) is 51.6 Å². The molecule has 152 valence electrons. The summed E-state index contributed by atoms with van der Waals surface area (Å²) in [6.45, 7) is 11.5. The van der Waals surface area contributed by atoms with Gasteiger partial charge < -0.3 is 9.84 Å². The van der Waals surface area contributed by atoms with Gasteiger partial charge in [-0.3, -0.25) is 4.90 Å². The number of piperazine rings is 1. The van der Waals surface area contributed by atoms with Crippen LogP contribution in [0, 0.1) is 13.8 Å². The van der Waals surface area contributed by atoms with Crippen molar-refractivity contribution in [2.24, 2.45) is 0 Å². The quantitative estimate of drug-likeness (QED) is 0.833. The molecule has 0 bridgehead atoms. The SMILES string of the molecule is Cc1cc(O)c(CN2CCN(S(=O)(=O)N3C[C@@H](C)O[C@@H](C)C3)CC2)cc1C. The van der Waals surface area contributed by atoms with E-state index in [0.717, 1.165) is 16.7 Å². The number of phenols is 1. The lowest BCUT2D eigenvalue weighted by atomic mass is 10.0. The molecule has 0 saturated carbocycles. The summed E-state index contributed by atoms with van der Waals surface area (Å²) in [5.41, 5.74) is 3.12. The molecule has 0 aromatic heterocycles. The zero-order valence-electron chi connectivity index (χ0n) is 16.7. The van der Waals surface area contributed by atoms with Gasteiger partial charge in [-0.1, -0.05) is 6.07 Å². The van der Waals surface area contributed by atoms with Crippen molar-refractivity contribution in [2.45, 2.75) is 46.4 Å². The fourth-order valence-electron chi connectivity index (χ4n) is 3.83. The topological polar surface area (TPSA) is 73.3 Å². The molecule has 2 atom stereocenters.